The fourth-order valence-corrected chi connectivity index (χ4v) is 1.04. The van der Waals surface area contributed by atoms with E-state index in [4.69, 9.17) is 16.7 Å². The Bertz CT molecular complexity index is 378. The molecule has 0 aliphatic heterocycles. The molecular weight excluding hydrogens is 245 g/mol. The molecule has 0 fully saturated rings. The van der Waals surface area contributed by atoms with Crippen molar-refractivity contribution in [1.29, 1.82) is 0 Å². The van der Waals surface area contributed by atoms with Crippen molar-refractivity contribution in [3.8, 4) is 5.75 Å². The predicted octanol–water partition coefficient (Wildman–Crippen LogP) is 3.40. The number of pyridine rings is 1. The summed E-state index contributed by atoms with van der Waals surface area (Å²) in [6, 6.07) is 0.483. The third kappa shape index (κ3) is 2.47. The molecule has 0 radical (unpaired) electrons. The van der Waals surface area contributed by atoms with Crippen LogP contribution in [0.1, 0.15) is 17.8 Å². The molecule has 1 aromatic heterocycles. The molecule has 0 aliphatic rings. The van der Waals surface area contributed by atoms with Crippen molar-refractivity contribution in [1.82, 2.24) is 4.98 Å². The maximum Gasteiger partial charge on any atom is 0.437 e. The summed E-state index contributed by atoms with van der Waals surface area (Å²) >= 11 is 5.15. The minimum atomic E-state index is -5.03. The molecule has 0 saturated carbocycles. The second-order valence-corrected chi connectivity index (χ2v) is 2.93. The normalized spacial score (nSPS) is 12.2. The van der Waals surface area contributed by atoms with Crippen LogP contribution in [0.15, 0.2) is 6.07 Å². The number of hydrogen-bond acceptors (Lipinski definition) is 2. The maximum absolute atomic E-state index is 12.1. The molecule has 0 atom stereocenters. The van der Waals surface area contributed by atoms with Gasteiger partial charge in [0.15, 0.2) is 11.4 Å². The molecular formula is C7H3ClF5NO. The van der Waals surface area contributed by atoms with Crippen LogP contribution in [0.25, 0.3) is 0 Å². The Kier molecular flexibility index (Phi) is 3.03. The molecule has 0 aliphatic carbocycles. The third-order valence-corrected chi connectivity index (χ3v) is 1.75. The van der Waals surface area contributed by atoms with Crippen molar-refractivity contribution < 1.29 is 27.1 Å². The number of rotatable bonds is 1. The van der Waals surface area contributed by atoms with E-state index in [9.17, 15) is 22.0 Å². The highest BCUT2D eigenvalue weighted by molar-refractivity contribution is 6.32. The lowest BCUT2D eigenvalue weighted by molar-refractivity contribution is -0.142. The third-order valence-electron chi connectivity index (χ3n) is 1.46. The topological polar surface area (TPSA) is 33.1 Å². The number of aromatic nitrogens is 1. The standard InChI is InChI=1S/C7H3ClF5NO/c8-2-1-3(6(9)10)14-5(4(2)15)7(11,12)13/h1,6,15H. The zero-order valence-electron chi connectivity index (χ0n) is 6.82. The van der Waals surface area contributed by atoms with Crippen LogP contribution >= 0.6 is 11.6 Å². The molecule has 84 valence electrons. The van der Waals surface area contributed by atoms with E-state index in [0.29, 0.717) is 6.07 Å². The van der Waals surface area contributed by atoms with Crippen molar-refractivity contribution in [2.24, 2.45) is 0 Å². The van der Waals surface area contributed by atoms with Crippen LogP contribution in [0, 0.1) is 0 Å². The number of alkyl halides is 5. The highest BCUT2D eigenvalue weighted by Gasteiger charge is 2.38. The Morgan fingerprint density at radius 2 is 1.87 bits per heavy atom. The Morgan fingerprint density at radius 1 is 1.33 bits per heavy atom. The molecule has 2 nitrogen and oxygen atoms in total. The summed E-state index contributed by atoms with van der Waals surface area (Å²) in [5.74, 6) is -1.35. The first-order chi connectivity index (χ1) is 6.73. The molecule has 0 amide bonds. The molecule has 8 heteroatoms. The van der Waals surface area contributed by atoms with Gasteiger partial charge in [-0.3, -0.25) is 0 Å². The summed E-state index contributed by atoms with van der Waals surface area (Å²) in [5.41, 5.74) is -2.95. The van der Waals surface area contributed by atoms with Crippen LogP contribution in [0.3, 0.4) is 0 Å². The quantitative estimate of drug-likeness (QED) is 0.772. The lowest BCUT2D eigenvalue weighted by atomic mass is 10.2. The van der Waals surface area contributed by atoms with Crippen molar-refractivity contribution in [2.45, 2.75) is 12.6 Å². The monoisotopic (exact) mass is 247 g/mol. The van der Waals surface area contributed by atoms with Gasteiger partial charge < -0.3 is 5.11 Å². The van der Waals surface area contributed by atoms with Gasteiger partial charge in [-0.2, -0.15) is 13.2 Å². The van der Waals surface area contributed by atoms with Gasteiger partial charge in [0.2, 0.25) is 0 Å². The number of aromatic hydroxyl groups is 1. The maximum atomic E-state index is 12.1. The van der Waals surface area contributed by atoms with E-state index in [0.717, 1.165) is 0 Å². The Hall–Kier alpha value is -1.11. The molecule has 1 aromatic rings. The van der Waals surface area contributed by atoms with E-state index in [1.54, 1.807) is 0 Å². The fraction of sp³-hybridized carbons (Fsp3) is 0.286. The average molecular weight is 248 g/mol. The molecule has 1 rings (SSSR count). The van der Waals surface area contributed by atoms with E-state index in [1.807, 2.05) is 0 Å². The van der Waals surface area contributed by atoms with Gasteiger partial charge in [0.1, 0.15) is 5.69 Å². The van der Waals surface area contributed by atoms with Crippen LogP contribution in [0.2, 0.25) is 5.02 Å². The van der Waals surface area contributed by atoms with E-state index < -0.39 is 34.8 Å². The lowest BCUT2D eigenvalue weighted by Gasteiger charge is -2.10. The number of halogens is 6. The Balaban J connectivity index is 3.38. The van der Waals surface area contributed by atoms with Gasteiger partial charge in [0.25, 0.3) is 6.43 Å². The zero-order valence-corrected chi connectivity index (χ0v) is 7.57. The minimum absolute atomic E-state index is 0.483. The zero-order chi connectivity index (χ0) is 11.8. The molecule has 0 bridgehead atoms. The summed E-state index contributed by atoms with van der Waals surface area (Å²) in [6.45, 7) is 0. The van der Waals surface area contributed by atoms with Gasteiger partial charge in [0.05, 0.1) is 5.02 Å². The SMILES string of the molecule is Oc1c(Cl)cc(C(F)F)nc1C(F)(F)F. The number of nitrogens with zero attached hydrogens (tertiary/aromatic N) is 1. The Labute approximate surface area is 85.3 Å². The molecule has 1 heterocycles. The largest absolute Gasteiger partial charge is 0.504 e. The first-order valence-electron chi connectivity index (χ1n) is 3.48. The number of hydrogen-bond donors (Lipinski definition) is 1. The second-order valence-electron chi connectivity index (χ2n) is 2.52. The van der Waals surface area contributed by atoms with Crippen molar-refractivity contribution >= 4 is 11.6 Å². The van der Waals surface area contributed by atoms with E-state index in [-0.39, 0.29) is 0 Å². The van der Waals surface area contributed by atoms with Crippen molar-refractivity contribution in [3.63, 3.8) is 0 Å². The summed E-state index contributed by atoms with van der Waals surface area (Å²) in [4.78, 5) is 2.59. The lowest BCUT2D eigenvalue weighted by Crippen LogP contribution is -2.10. The van der Waals surface area contributed by atoms with E-state index in [2.05, 4.69) is 4.98 Å². The average Bonchev–Trinajstić information content (AvgIpc) is 2.06. The summed E-state index contributed by atoms with van der Waals surface area (Å²) in [6.07, 6.45) is -8.22. The smallest absolute Gasteiger partial charge is 0.437 e. The van der Waals surface area contributed by atoms with Crippen LogP contribution in [0.5, 0.6) is 5.75 Å². The van der Waals surface area contributed by atoms with Gasteiger partial charge in [0, 0.05) is 0 Å². The fourth-order valence-electron chi connectivity index (χ4n) is 0.835. The molecule has 0 unspecified atom stereocenters. The van der Waals surface area contributed by atoms with Gasteiger partial charge >= 0.3 is 6.18 Å². The van der Waals surface area contributed by atoms with Crippen molar-refractivity contribution in [3.05, 3.63) is 22.5 Å². The van der Waals surface area contributed by atoms with Gasteiger partial charge in [-0.25, -0.2) is 13.8 Å². The highest BCUT2D eigenvalue weighted by Crippen LogP contribution is 2.39. The van der Waals surface area contributed by atoms with E-state index in [1.165, 1.54) is 0 Å². The molecule has 15 heavy (non-hydrogen) atoms. The second kappa shape index (κ2) is 3.80. The highest BCUT2D eigenvalue weighted by atomic mass is 35.5. The van der Waals surface area contributed by atoms with E-state index >= 15 is 0 Å². The molecule has 0 saturated heterocycles. The first kappa shape index (κ1) is 12.0. The van der Waals surface area contributed by atoms with Crippen LogP contribution < -0.4 is 0 Å². The Morgan fingerprint density at radius 3 is 2.27 bits per heavy atom. The van der Waals surface area contributed by atoms with Gasteiger partial charge in [-0.05, 0) is 6.07 Å². The van der Waals surface area contributed by atoms with Crippen LogP contribution in [-0.4, -0.2) is 10.1 Å². The van der Waals surface area contributed by atoms with Gasteiger partial charge in [-0.1, -0.05) is 11.6 Å². The van der Waals surface area contributed by atoms with Crippen LogP contribution in [0.4, 0.5) is 22.0 Å². The summed E-state index contributed by atoms with van der Waals surface area (Å²) < 4.78 is 60.6. The molecule has 0 spiro atoms. The van der Waals surface area contributed by atoms with Gasteiger partial charge in [-0.15, -0.1) is 0 Å². The first-order valence-corrected chi connectivity index (χ1v) is 3.86. The van der Waals surface area contributed by atoms with Crippen LogP contribution in [-0.2, 0) is 6.18 Å². The molecule has 1 N–H and O–H groups in total. The van der Waals surface area contributed by atoms with Crippen molar-refractivity contribution in [2.75, 3.05) is 0 Å². The summed E-state index contributed by atoms with van der Waals surface area (Å²) in [5, 5.41) is 8.07. The molecule has 0 aromatic carbocycles. The predicted molar refractivity (Wildman–Crippen MR) is 40.9 cm³/mol. The summed E-state index contributed by atoms with van der Waals surface area (Å²) in [7, 11) is 0. The minimum Gasteiger partial charge on any atom is -0.504 e.